The van der Waals surface area contributed by atoms with E-state index in [4.69, 9.17) is 0 Å². The van der Waals surface area contributed by atoms with Crippen LogP contribution in [-0.4, -0.2) is 15.3 Å². The van der Waals surface area contributed by atoms with Gasteiger partial charge in [0.1, 0.15) is 11.3 Å². The summed E-state index contributed by atoms with van der Waals surface area (Å²) in [5.41, 5.74) is 1.21. The highest BCUT2D eigenvalue weighted by atomic mass is 32.1. The summed E-state index contributed by atoms with van der Waals surface area (Å²) >= 11 is 1.63. The van der Waals surface area contributed by atoms with Crippen LogP contribution in [0.2, 0.25) is 0 Å². The van der Waals surface area contributed by atoms with E-state index in [9.17, 15) is 4.79 Å². The van der Waals surface area contributed by atoms with E-state index in [1.54, 1.807) is 17.5 Å². The minimum Gasteiger partial charge on any atom is -0.343 e. The lowest BCUT2D eigenvalue weighted by atomic mass is 10.2. The van der Waals surface area contributed by atoms with Gasteiger partial charge in [-0.1, -0.05) is 12.1 Å². The molecule has 3 aromatic heterocycles. The number of hydrogen-bond acceptors (Lipinski definition) is 3. The zero-order valence-corrected chi connectivity index (χ0v) is 11.2. The average molecular weight is 271 g/mol. The van der Waals surface area contributed by atoms with E-state index >= 15 is 0 Å². The summed E-state index contributed by atoms with van der Waals surface area (Å²) in [5.74, 6) is -0.149. The SMILES string of the molecule is C[C@H](NC(=O)c1cn2ccccc2n1)c1cccs1. The van der Waals surface area contributed by atoms with Crippen molar-refractivity contribution in [2.75, 3.05) is 0 Å². The van der Waals surface area contributed by atoms with Crippen molar-refractivity contribution in [3.8, 4) is 0 Å². The Labute approximate surface area is 114 Å². The largest absolute Gasteiger partial charge is 0.343 e. The van der Waals surface area contributed by atoms with Crippen molar-refractivity contribution in [1.82, 2.24) is 14.7 Å². The Kier molecular flexibility index (Phi) is 3.05. The summed E-state index contributed by atoms with van der Waals surface area (Å²) in [6.07, 6.45) is 3.62. The molecule has 3 heterocycles. The number of nitrogens with one attached hydrogen (secondary N) is 1. The van der Waals surface area contributed by atoms with Gasteiger partial charge in [0.15, 0.2) is 0 Å². The Morgan fingerprint density at radius 1 is 1.37 bits per heavy atom. The molecule has 0 spiro atoms. The summed E-state index contributed by atoms with van der Waals surface area (Å²) in [4.78, 5) is 17.6. The normalized spacial score (nSPS) is 12.5. The molecule has 19 heavy (non-hydrogen) atoms. The number of pyridine rings is 1. The van der Waals surface area contributed by atoms with Crippen molar-refractivity contribution in [2.24, 2.45) is 0 Å². The van der Waals surface area contributed by atoms with E-state index in [2.05, 4.69) is 10.3 Å². The molecular formula is C14H13N3OS. The van der Waals surface area contributed by atoms with E-state index < -0.39 is 0 Å². The molecule has 0 saturated carbocycles. The first-order valence-electron chi connectivity index (χ1n) is 6.02. The van der Waals surface area contributed by atoms with Crippen molar-refractivity contribution in [3.63, 3.8) is 0 Å². The summed E-state index contributed by atoms with van der Waals surface area (Å²) in [5, 5.41) is 4.96. The van der Waals surface area contributed by atoms with Crippen molar-refractivity contribution in [1.29, 1.82) is 0 Å². The fourth-order valence-corrected chi connectivity index (χ4v) is 2.66. The molecule has 0 fully saturated rings. The van der Waals surface area contributed by atoms with E-state index in [0.717, 1.165) is 10.5 Å². The monoisotopic (exact) mass is 271 g/mol. The number of carbonyl (C=O) groups excluding carboxylic acids is 1. The van der Waals surface area contributed by atoms with Crippen LogP contribution in [0.3, 0.4) is 0 Å². The number of imidazole rings is 1. The quantitative estimate of drug-likeness (QED) is 0.796. The summed E-state index contributed by atoms with van der Waals surface area (Å²) in [7, 11) is 0. The van der Waals surface area contributed by atoms with Crippen molar-refractivity contribution in [3.05, 3.63) is 58.7 Å². The minimum atomic E-state index is -0.149. The van der Waals surface area contributed by atoms with Gasteiger partial charge < -0.3 is 9.72 Å². The highest BCUT2D eigenvalue weighted by Gasteiger charge is 2.14. The average Bonchev–Trinajstić information content (AvgIpc) is 3.07. The third kappa shape index (κ3) is 2.37. The van der Waals surface area contributed by atoms with Gasteiger partial charge in [0.05, 0.1) is 6.04 Å². The maximum absolute atomic E-state index is 12.1. The van der Waals surface area contributed by atoms with Crippen LogP contribution in [0.5, 0.6) is 0 Å². The standard InChI is InChI=1S/C14H13N3OS/c1-10(12-5-4-8-19-12)15-14(18)11-9-17-7-3-2-6-13(17)16-11/h2-10H,1H3,(H,15,18)/t10-/m0/s1. The van der Waals surface area contributed by atoms with E-state index in [1.165, 1.54) is 0 Å². The second-order valence-electron chi connectivity index (χ2n) is 4.30. The molecule has 1 atom stereocenters. The molecule has 3 aromatic rings. The van der Waals surface area contributed by atoms with Crippen molar-refractivity contribution in [2.45, 2.75) is 13.0 Å². The smallest absolute Gasteiger partial charge is 0.272 e. The molecule has 3 rings (SSSR count). The highest BCUT2D eigenvalue weighted by molar-refractivity contribution is 7.10. The molecule has 0 radical (unpaired) electrons. The molecule has 96 valence electrons. The van der Waals surface area contributed by atoms with Gasteiger partial charge in [0.2, 0.25) is 0 Å². The molecule has 5 heteroatoms. The molecule has 0 aliphatic rings. The number of aromatic nitrogens is 2. The molecule has 1 N–H and O–H groups in total. The number of thiophene rings is 1. The lowest BCUT2D eigenvalue weighted by molar-refractivity contribution is 0.0936. The van der Waals surface area contributed by atoms with Gasteiger partial charge in [0.25, 0.3) is 5.91 Å². The number of hydrogen-bond donors (Lipinski definition) is 1. The second kappa shape index (κ2) is 4.85. The van der Waals surface area contributed by atoms with Crippen LogP contribution in [0, 0.1) is 0 Å². The fraction of sp³-hybridized carbons (Fsp3) is 0.143. The third-order valence-corrected chi connectivity index (χ3v) is 3.97. The molecule has 0 unspecified atom stereocenters. The number of carbonyl (C=O) groups is 1. The van der Waals surface area contributed by atoms with Crippen LogP contribution in [0.1, 0.15) is 28.3 Å². The van der Waals surface area contributed by atoms with Gasteiger partial charge in [-0.05, 0) is 30.5 Å². The van der Waals surface area contributed by atoms with Gasteiger partial charge in [-0.25, -0.2) is 4.98 Å². The maximum atomic E-state index is 12.1. The summed E-state index contributed by atoms with van der Waals surface area (Å²) in [6, 6.07) is 9.67. The number of fused-ring (bicyclic) bond motifs is 1. The Morgan fingerprint density at radius 2 is 2.26 bits per heavy atom. The predicted octanol–water partition coefficient (Wildman–Crippen LogP) is 2.89. The molecule has 0 bridgehead atoms. The lowest BCUT2D eigenvalue weighted by Gasteiger charge is -2.10. The molecule has 0 aliphatic carbocycles. The Morgan fingerprint density at radius 3 is 3.00 bits per heavy atom. The van der Waals surface area contributed by atoms with Crippen LogP contribution in [0.25, 0.3) is 5.65 Å². The van der Waals surface area contributed by atoms with E-state index in [-0.39, 0.29) is 11.9 Å². The highest BCUT2D eigenvalue weighted by Crippen LogP contribution is 2.18. The molecule has 0 saturated heterocycles. The van der Waals surface area contributed by atoms with Gasteiger partial charge in [0, 0.05) is 17.3 Å². The van der Waals surface area contributed by atoms with E-state index in [0.29, 0.717) is 5.69 Å². The molecule has 0 aromatic carbocycles. The second-order valence-corrected chi connectivity index (χ2v) is 5.28. The van der Waals surface area contributed by atoms with Gasteiger partial charge in [-0.3, -0.25) is 4.79 Å². The van der Waals surface area contributed by atoms with Crippen LogP contribution in [0.4, 0.5) is 0 Å². The summed E-state index contributed by atoms with van der Waals surface area (Å²) in [6.45, 7) is 1.97. The predicted molar refractivity (Wildman–Crippen MR) is 75.4 cm³/mol. The van der Waals surface area contributed by atoms with Gasteiger partial charge >= 0.3 is 0 Å². The first kappa shape index (κ1) is 11.9. The Balaban J connectivity index is 1.80. The minimum absolute atomic E-state index is 0.00249. The first-order chi connectivity index (χ1) is 9.24. The number of rotatable bonds is 3. The third-order valence-electron chi connectivity index (χ3n) is 2.91. The van der Waals surface area contributed by atoms with E-state index in [1.807, 2.05) is 53.2 Å². The molecule has 0 aliphatic heterocycles. The summed E-state index contributed by atoms with van der Waals surface area (Å²) < 4.78 is 1.84. The Bertz CT molecular complexity index is 669. The molecule has 1 amide bonds. The topological polar surface area (TPSA) is 46.4 Å². The lowest BCUT2D eigenvalue weighted by Crippen LogP contribution is -2.26. The van der Waals surface area contributed by atoms with Crippen molar-refractivity contribution >= 4 is 22.9 Å². The number of amides is 1. The molecule has 4 nitrogen and oxygen atoms in total. The van der Waals surface area contributed by atoms with Crippen LogP contribution in [-0.2, 0) is 0 Å². The van der Waals surface area contributed by atoms with Crippen molar-refractivity contribution < 1.29 is 4.79 Å². The first-order valence-corrected chi connectivity index (χ1v) is 6.90. The zero-order valence-electron chi connectivity index (χ0n) is 10.4. The van der Waals surface area contributed by atoms with Crippen LogP contribution in [0.15, 0.2) is 48.1 Å². The zero-order chi connectivity index (χ0) is 13.2. The number of nitrogens with zero attached hydrogens (tertiary/aromatic N) is 2. The maximum Gasteiger partial charge on any atom is 0.272 e. The van der Waals surface area contributed by atoms with Gasteiger partial charge in [-0.15, -0.1) is 11.3 Å². The van der Waals surface area contributed by atoms with Gasteiger partial charge in [-0.2, -0.15) is 0 Å². The molecular weight excluding hydrogens is 258 g/mol. The van der Waals surface area contributed by atoms with Crippen LogP contribution < -0.4 is 5.32 Å². The fourth-order valence-electron chi connectivity index (χ4n) is 1.92. The Hall–Kier alpha value is -2.14. The van der Waals surface area contributed by atoms with Crippen LogP contribution >= 0.6 is 11.3 Å².